The Balaban J connectivity index is 2.86. The zero-order valence-electron chi connectivity index (χ0n) is 11.0. The molecule has 0 atom stereocenters. The van der Waals surface area contributed by atoms with Crippen LogP contribution >= 0.6 is 0 Å². The highest BCUT2D eigenvalue weighted by Gasteiger charge is 2.09. The van der Waals surface area contributed by atoms with E-state index in [1.807, 2.05) is 39.8 Å². The quantitative estimate of drug-likeness (QED) is 0.847. The van der Waals surface area contributed by atoms with Crippen molar-refractivity contribution in [2.24, 2.45) is 0 Å². The van der Waals surface area contributed by atoms with Gasteiger partial charge < -0.3 is 15.4 Å². The number of rotatable bonds is 3. The fraction of sp³-hybridized carbons (Fsp3) is 0.462. The van der Waals surface area contributed by atoms with E-state index < -0.39 is 0 Å². The molecule has 0 spiro atoms. The van der Waals surface area contributed by atoms with Crippen LogP contribution in [0.4, 0.5) is 10.5 Å². The summed E-state index contributed by atoms with van der Waals surface area (Å²) >= 11 is 0. The number of benzene rings is 1. The molecule has 0 unspecified atom stereocenters. The summed E-state index contributed by atoms with van der Waals surface area (Å²) in [4.78, 5) is 11.6. The van der Waals surface area contributed by atoms with Crippen molar-refractivity contribution < 1.29 is 9.53 Å². The van der Waals surface area contributed by atoms with Crippen LogP contribution in [0.15, 0.2) is 12.1 Å². The van der Waals surface area contributed by atoms with Gasteiger partial charge in [0.25, 0.3) is 0 Å². The molecule has 1 aromatic carbocycles. The maximum Gasteiger partial charge on any atom is 0.319 e. The second kappa shape index (κ2) is 5.57. The lowest BCUT2D eigenvalue weighted by Gasteiger charge is -2.15. The summed E-state index contributed by atoms with van der Waals surface area (Å²) in [5, 5.41) is 5.61. The van der Waals surface area contributed by atoms with Crippen LogP contribution < -0.4 is 15.4 Å². The number of carbonyl (C=O) groups excluding carboxylic acids is 1. The highest BCUT2D eigenvalue weighted by molar-refractivity contribution is 5.90. The summed E-state index contributed by atoms with van der Waals surface area (Å²) in [7, 11) is 1.64. The Morgan fingerprint density at radius 3 is 2.41 bits per heavy atom. The fourth-order valence-electron chi connectivity index (χ4n) is 1.57. The van der Waals surface area contributed by atoms with Gasteiger partial charge in [-0.15, -0.1) is 0 Å². The SMILES string of the molecule is COc1ccc(NC(=O)NC(C)C)c(C)c1C. The van der Waals surface area contributed by atoms with Crippen LogP contribution in [-0.2, 0) is 0 Å². The third-order valence-electron chi connectivity index (χ3n) is 2.63. The molecule has 4 heteroatoms. The zero-order valence-corrected chi connectivity index (χ0v) is 11.0. The number of anilines is 1. The Bertz CT molecular complexity index is 414. The van der Waals surface area contributed by atoms with Crippen LogP contribution in [0.3, 0.4) is 0 Å². The maximum atomic E-state index is 11.6. The molecule has 1 rings (SSSR count). The molecule has 0 radical (unpaired) electrons. The number of urea groups is 1. The smallest absolute Gasteiger partial charge is 0.319 e. The van der Waals surface area contributed by atoms with E-state index in [-0.39, 0.29) is 12.1 Å². The molecule has 0 bridgehead atoms. The topological polar surface area (TPSA) is 50.4 Å². The number of hydrogen-bond donors (Lipinski definition) is 2. The molecule has 1 aromatic rings. The van der Waals surface area contributed by atoms with E-state index in [4.69, 9.17) is 4.74 Å². The Morgan fingerprint density at radius 1 is 1.24 bits per heavy atom. The predicted molar refractivity (Wildman–Crippen MR) is 69.8 cm³/mol. The van der Waals surface area contributed by atoms with Gasteiger partial charge in [0.05, 0.1) is 7.11 Å². The van der Waals surface area contributed by atoms with Crippen molar-refractivity contribution in [3.05, 3.63) is 23.3 Å². The monoisotopic (exact) mass is 236 g/mol. The average molecular weight is 236 g/mol. The number of hydrogen-bond acceptors (Lipinski definition) is 2. The van der Waals surface area contributed by atoms with Crippen molar-refractivity contribution >= 4 is 11.7 Å². The summed E-state index contributed by atoms with van der Waals surface area (Å²) in [5.74, 6) is 0.831. The first kappa shape index (κ1) is 13.4. The van der Waals surface area contributed by atoms with Gasteiger partial charge in [0.1, 0.15) is 5.75 Å². The van der Waals surface area contributed by atoms with Crippen molar-refractivity contribution in [1.29, 1.82) is 0 Å². The van der Waals surface area contributed by atoms with Crippen molar-refractivity contribution in [3.63, 3.8) is 0 Å². The molecule has 2 amide bonds. The Morgan fingerprint density at radius 2 is 1.88 bits per heavy atom. The molecule has 2 N–H and O–H groups in total. The van der Waals surface area contributed by atoms with Crippen LogP contribution in [-0.4, -0.2) is 19.2 Å². The highest BCUT2D eigenvalue weighted by Crippen LogP contribution is 2.27. The van der Waals surface area contributed by atoms with Crippen molar-refractivity contribution in [2.45, 2.75) is 33.7 Å². The minimum atomic E-state index is -0.187. The van der Waals surface area contributed by atoms with Crippen molar-refractivity contribution in [2.75, 3.05) is 12.4 Å². The summed E-state index contributed by atoms with van der Waals surface area (Å²) in [6, 6.07) is 3.64. The molecule has 0 aliphatic heterocycles. The number of ether oxygens (including phenoxy) is 1. The molecule has 94 valence electrons. The first-order valence-corrected chi connectivity index (χ1v) is 5.67. The molecular formula is C13H20N2O2. The molecule has 0 fully saturated rings. The second-order valence-corrected chi connectivity index (χ2v) is 4.32. The Hall–Kier alpha value is -1.71. The van der Waals surface area contributed by atoms with Gasteiger partial charge in [-0.3, -0.25) is 0 Å². The zero-order chi connectivity index (χ0) is 13.0. The fourth-order valence-corrected chi connectivity index (χ4v) is 1.57. The molecule has 0 aliphatic carbocycles. The molecule has 0 aliphatic rings. The van der Waals surface area contributed by atoms with E-state index >= 15 is 0 Å². The standard InChI is InChI=1S/C13H20N2O2/c1-8(2)14-13(16)15-11-6-7-12(17-5)10(4)9(11)3/h6-8H,1-5H3,(H2,14,15,16). The number of nitrogens with one attached hydrogen (secondary N) is 2. The van der Waals surface area contributed by atoms with Crippen molar-refractivity contribution in [1.82, 2.24) is 5.32 Å². The minimum absolute atomic E-state index is 0.120. The van der Waals surface area contributed by atoms with Gasteiger partial charge in [-0.1, -0.05) is 0 Å². The molecule has 0 aromatic heterocycles. The maximum absolute atomic E-state index is 11.6. The van der Waals surface area contributed by atoms with Gasteiger partial charge in [-0.2, -0.15) is 0 Å². The summed E-state index contributed by atoms with van der Waals surface area (Å²) in [6.45, 7) is 7.78. The first-order chi connectivity index (χ1) is 7.95. The van der Waals surface area contributed by atoms with Crippen LogP contribution in [0.2, 0.25) is 0 Å². The molecule has 0 heterocycles. The molecular weight excluding hydrogens is 216 g/mol. The summed E-state index contributed by atoms with van der Waals surface area (Å²) in [5.41, 5.74) is 2.86. The third-order valence-corrected chi connectivity index (χ3v) is 2.63. The van der Waals surface area contributed by atoms with E-state index in [2.05, 4.69) is 10.6 Å². The number of carbonyl (C=O) groups is 1. The lowest BCUT2D eigenvalue weighted by Crippen LogP contribution is -2.34. The molecule has 17 heavy (non-hydrogen) atoms. The van der Waals surface area contributed by atoms with Crippen molar-refractivity contribution in [3.8, 4) is 5.75 Å². The van der Waals surface area contributed by atoms with Gasteiger partial charge in [-0.25, -0.2) is 4.79 Å². The second-order valence-electron chi connectivity index (χ2n) is 4.32. The van der Waals surface area contributed by atoms with Gasteiger partial charge >= 0.3 is 6.03 Å². The first-order valence-electron chi connectivity index (χ1n) is 5.67. The van der Waals surface area contributed by atoms with E-state index in [0.29, 0.717) is 0 Å². The van der Waals surface area contributed by atoms with E-state index in [1.54, 1.807) is 7.11 Å². The molecule has 4 nitrogen and oxygen atoms in total. The van der Waals surface area contributed by atoms with Crippen LogP contribution in [0.25, 0.3) is 0 Å². The number of amides is 2. The van der Waals surface area contributed by atoms with Crippen LogP contribution in [0.1, 0.15) is 25.0 Å². The molecule has 0 saturated heterocycles. The van der Waals surface area contributed by atoms with Gasteiger partial charge in [0.15, 0.2) is 0 Å². The molecule has 0 saturated carbocycles. The predicted octanol–water partition coefficient (Wildman–Crippen LogP) is 2.84. The van der Waals surface area contributed by atoms with E-state index in [0.717, 1.165) is 22.6 Å². The summed E-state index contributed by atoms with van der Waals surface area (Å²) in [6.07, 6.45) is 0. The van der Waals surface area contributed by atoms with Crippen LogP contribution in [0.5, 0.6) is 5.75 Å². The highest BCUT2D eigenvalue weighted by atomic mass is 16.5. The van der Waals surface area contributed by atoms with Crippen LogP contribution in [0, 0.1) is 13.8 Å². The lowest BCUT2D eigenvalue weighted by atomic mass is 10.1. The lowest BCUT2D eigenvalue weighted by molar-refractivity contribution is 0.250. The third kappa shape index (κ3) is 3.37. The summed E-state index contributed by atoms with van der Waals surface area (Å²) < 4.78 is 5.22. The minimum Gasteiger partial charge on any atom is -0.496 e. The average Bonchev–Trinajstić information content (AvgIpc) is 2.24. The Labute approximate surface area is 102 Å². The Kier molecular flexibility index (Phi) is 4.37. The van der Waals surface area contributed by atoms with Gasteiger partial charge in [0, 0.05) is 11.7 Å². The van der Waals surface area contributed by atoms with E-state index in [9.17, 15) is 4.79 Å². The van der Waals surface area contributed by atoms with Gasteiger partial charge in [-0.05, 0) is 51.0 Å². The van der Waals surface area contributed by atoms with E-state index in [1.165, 1.54) is 0 Å². The number of methoxy groups -OCH3 is 1. The largest absolute Gasteiger partial charge is 0.496 e. The van der Waals surface area contributed by atoms with Gasteiger partial charge in [0.2, 0.25) is 0 Å². The normalized spacial score (nSPS) is 10.2.